The summed E-state index contributed by atoms with van der Waals surface area (Å²) >= 11 is 0. The highest BCUT2D eigenvalue weighted by Gasteiger charge is 2.34. The van der Waals surface area contributed by atoms with Crippen molar-refractivity contribution in [2.75, 3.05) is 0 Å². The van der Waals surface area contributed by atoms with Crippen LogP contribution in [0.1, 0.15) is 68.6 Å². The second-order valence-corrected chi connectivity index (χ2v) is 13.1. The molecule has 0 aliphatic carbocycles. The van der Waals surface area contributed by atoms with Gasteiger partial charge in [-0.2, -0.15) is 0 Å². The number of fused-ring (bicyclic) bond motifs is 7. The average Bonchev–Trinajstić information content (AvgIpc) is 3.44. The van der Waals surface area contributed by atoms with Crippen molar-refractivity contribution in [3.8, 4) is 0 Å². The maximum atomic E-state index is 14.0. The molecule has 7 rings (SSSR count). The summed E-state index contributed by atoms with van der Waals surface area (Å²) in [4.78, 5) is 0. The lowest BCUT2D eigenvalue weighted by Gasteiger charge is -2.27. The molecule has 0 saturated carbocycles. The summed E-state index contributed by atoms with van der Waals surface area (Å²) in [6.07, 6.45) is 2.14. The monoisotopic (exact) mass is 532 g/mol. The normalized spacial score (nSPS) is 16.1. The molecule has 0 spiro atoms. The molecule has 0 bridgehead atoms. The summed E-state index contributed by atoms with van der Waals surface area (Å²) in [7, 11) is 0. The highest BCUT2D eigenvalue weighted by atomic mass is 19.3. The van der Waals surface area contributed by atoms with E-state index in [1.54, 1.807) is 13.8 Å². The van der Waals surface area contributed by atoms with Crippen LogP contribution in [0.5, 0.6) is 0 Å². The summed E-state index contributed by atoms with van der Waals surface area (Å²) in [6.45, 7) is 10.1. The molecule has 2 aromatic heterocycles. The molecule has 4 aromatic carbocycles. The minimum atomic E-state index is -2.39. The molecule has 0 saturated heterocycles. The Morgan fingerprint density at radius 3 is 2.33 bits per heavy atom. The Morgan fingerprint density at radius 2 is 1.57 bits per heavy atom. The molecule has 6 aromatic rings. The molecular formula is C36H34F2N2. The van der Waals surface area contributed by atoms with Crippen molar-refractivity contribution in [1.29, 1.82) is 0 Å². The molecule has 0 amide bonds. The van der Waals surface area contributed by atoms with Gasteiger partial charge in [-0.3, -0.25) is 0 Å². The largest absolute Gasteiger partial charge is 0.379 e. The van der Waals surface area contributed by atoms with Crippen molar-refractivity contribution in [2.24, 2.45) is 5.41 Å². The lowest BCUT2D eigenvalue weighted by molar-refractivity contribution is 0.0202. The standard InChI is InChI=1S/C36H34F2N2/c1-35(2,3)28-19-23(18-21-10-6-7-11-24(21)28)31-33-26(16-17-39-31)25-15-14-22(20-36(4,5)34(37)38)30-27-12-8-9-13-29(27)40(33)32(25)30/h6-19,31,34,39H,20H2,1-5H3. The lowest BCUT2D eigenvalue weighted by Crippen LogP contribution is -2.24. The van der Waals surface area contributed by atoms with Gasteiger partial charge in [0.25, 0.3) is 0 Å². The summed E-state index contributed by atoms with van der Waals surface area (Å²) in [5.41, 5.74) is 7.03. The Labute approximate surface area is 233 Å². The van der Waals surface area contributed by atoms with Gasteiger partial charge in [0.2, 0.25) is 6.43 Å². The quantitative estimate of drug-likeness (QED) is 0.239. The molecule has 202 valence electrons. The average molecular weight is 533 g/mol. The Balaban J connectivity index is 1.54. The predicted octanol–water partition coefficient (Wildman–Crippen LogP) is 9.63. The number of nitrogens with one attached hydrogen (secondary N) is 1. The second-order valence-electron chi connectivity index (χ2n) is 13.1. The smallest absolute Gasteiger partial charge is 0.243 e. The van der Waals surface area contributed by atoms with Crippen molar-refractivity contribution in [2.45, 2.75) is 58.9 Å². The van der Waals surface area contributed by atoms with Crippen LogP contribution in [0.25, 0.3) is 44.0 Å². The molecular weight excluding hydrogens is 498 g/mol. The first-order chi connectivity index (χ1) is 19.1. The zero-order valence-electron chi connectivity index (χ0n) is 23.6. The van der Waals surface area contributed by atoms with E-state index in [-0.39, 0.29) is 11.5 Å². The van der Waals surface area contributed by atoms with E-state index in [0.29, 0.717) is 6.42 Å². The maximum absolute atomic E-state index is 14.0. The van der Waals surface area contributed by atoms with Crippen LogP contribution >= 0.6 is 0 Å². The molecule has 3 heterocycles. The molecule has 40 heavy (non-hydrogen) atoms. The number of benzene rings is 4. The lowest BCUT2D eigenvalue weighted by atomic mass is 9.81. The summed E-state index contributed by atoms with van der Waals surface area (Å²) in [5, 5.41) is 9.59. The number of rotatable bonds is 4. The Kier molecular flexibility index (Phi) is 5.35. The molecule has 1 N–H and O–H groups in total. The fourth-order valence-electron chi connectivity index (χ4n) is 6.75. The number of hydrogen-bond donors (Lipinski definition) is 1. The number of halogens is 2. The number of alkyl halides is 2. The highest BCUT2D eigenvalue weighted by molar-refractivity contribution is 6.18. The van der Waals surface area contributed by atoms with Crippen LogP contribution in [0.2, 0.25) is 0 Å². The number of nitrogens with zero attached hydrogens (tertiary/aromatic N) is 1. The van der Waals surface area contributed by atoms with E-state index in [4.69, 9.17) is 0 Å². The van der Waals surface area contributed by atoms with Crippen LogP contribution in [0.4, 0.5) is 8.78 Å². The summed E-state index contributed by atoms with van der Waals surface area (Å²) < 4.78 is 30.4. The number of aromatic nitrogens is 1. The van der Waals surface area contributed by atoms with Gasteiger partial charge in [-0.15, -0.1) is 0 Å². The van der Waals surface area contributed by atoms with Crippen LogP contribution < -0.4 is 5.32 Å². The van der Waals surface area contributed by atoms with E-state index in [1.165, 1.54) is 38.5 Å². The summed E-state index contributed by atoms with van der Waals surface area (Å²) in [6, 6.07) is 25.9. The minimum absolute atomic E-state index is 0.0181. The van der Waals surface area contributed by atoms with Crippen molar-refractivity contribution in [1.82, 2.24) is 9.72 Å². The first-order valence-electron chi connectivity index (χ1n) is 14.1. The van der Waals surface area contributed by atoms with E-state index in [9.17, 15) is 8.78 Å². The Hall–Kier alpha value is -3.92. The highest BCUT2D eigenvalue weighted by Crippen LogP contribution is 2.46. The van der Waals surface area contributed by atoms with Gasteiger partial charge in [0.15, 0.2) is 0 Å². The van der Waals surface area contributed by atoms with Gasteiger partial charge in [0.05, 0.1) is 22.8 Å². The predicted molar refractivity (Wildman–Crippen MR) is 164 cm³/mol. The first kappa shape index (κ1) is 25.1. The Bertz CT molecular complexity index is 1950. The van der Waals surface area contributed by atoms with E-state index in [2.05, 4.69) is 109 Å². The van der Waals surface area contributed by atoms with Gasteiger partial charge in [-0.05, 0) is 63.7 Å². The van der Waals surface area contributed by atoms with Gasteiger partial charge in [-0.1, -0.05) is 95.3 Å². The minimum Gasteiger partial charge on any atom is -0.379 e. The zero-order chi connectivity index (χ0) is 28.0. The van der Waals surface area contributed by atoms with E-state index < -0.39 is 11.8 Å². The fourth-order valence-corrected chi connectivity index (χ4v) is 6.75. The molecule has 0 fully saturated rings. The molecule has 1 unspecified atom stereocenters. The molecule has 0 radical (unpaired) electrons. The topological polar surface area (TPSA) is 16.4 Å². The van der Waals surface area contributed by atoms with Crippen molar-refractivity contribution in [3.05, 3.63) is 107 Å². The molecule has 1 aliphatic rings. The maximum Gasteiger partial charge on any atom is 0.243 e. The summed E-state index contributed by atoms with van der Waals surface area (Å²) in [5.74, 6) is 0. The molecule has 1 atom stereocenters. The molecule has 4 heteroatoms. The van der Waals surface area contributed by atoms with Crippen LogP contribution in [0.3, 0.4) is 0 Å². The van der Waals surface area contributed by atoms with Crippen LogP contribution in [-0.4, -0.2) is 10.8 Å². The van der Waals surface area contributed by atoms with E-state index in [0.717, 1.165) is 27.4 Å². The molecule has 1 aliphatic heterocycles. The van der Waals surface area contributed by atoms with Crippen LogP contribution in [0.15, 0.2) is 79.0 Å². The Morgan fingerprint density at radius 1 is 0.850 bits per heavy atom. The number of hydrogen-bond acceptors (Lipinski definition) is 1. The third-order valence-electron chi connectivity index (χ3n) is 8.76. The third-order valence-corrected chi connectivity index (χ3v) is 8.76. The fraction of sp³-hybridized carbons (Fsp3) is 0.278. The SMILES string of the molecule is CC(C)(C)c1cc(C2NC=Cc3c2n2c4ccccc4c4c(CC(C)(C)C(F)F)ccc3c42)cc2ccccc12. The number of para-hydroxylation sites is 1. The van der Waals surface area contributed by atoms with Crippen molar-refractivity contribution < 1.29 is 8.78 Å². The van der Waals surface area contributed by atoms with Gasteiger partial charge in [0, 0.05) is 27.1 Å². The van der Waals surface area contributed by atoms with Crippen molar-refractivity contribution in [3.63, 3.8) is 0 Å². The molecule has 2 nitrogen and oxygen atoms in total. The zero-order valence-corrected chi connectivity index (χ0v) is 23.6. The van der Waals surface area contributed by atoms with Gasteiger partial charge in [-0.25, -0.2) is 8.78 Å². The van der Waals surface area contributed by atoms with E-state index in [1.807, 2.05) is 6.07 Å². The van der Waals surface area contributed by atoms with Crippen LogP contribution in [0, 0.1) is 5.41 Å². The van der Waals surface area contributed by atoms with Crippen LogP contribution in [-0.2, 0) is 11.8 Å². The van der Waals surface area contributed by atoms with Gasteiger partial charge in [0.1, 0.15) is 0 Å². The van der Waals surface area contributed by atoms with Gasteiger partial charge >= 0.3 is 0 Å². The first-order valence-corrected chi connectivity index (χ1v) is 14.1. The van der Waals surface area contributed by atoms with Crippen molar-refractivity contribution >= 4 is 44.0 Å². The second kappa shape index (κ2) is 8.54. The van der Waals surface area contributed by atoms with Gasteiger partial charge < -0.3 is 9.72 Å². The van der Waals surface area contributed by atoms with E-state index >= 15 is 0 Å². The third kappa shape index (κ3) is 3.58.